The molecular weight excluding hydrogens is 244 g/mol. The van der Waals surface area contributed by atoms with Crippen molar-refractivity contribution in [3.8, 4) is 0 Å². The van der Waals surface area contributed by atoms with Gasteiger partial charge in [-0.2, -0.15) is 0 Å². The van der Waals surface area contributed by atoms with Crippen molar-refractivity contribution in [1.29, 1.82) is 0 Å². The quantitative estimate of drug-likeness (QED) is 0.630. The van der Waals surface area contributed by atoms with Crippen LogP contribution in [0.4, 0.5) is 0 Å². The van der Waals surface area contributed by atoms with Crippen molar-refractivity contribution >= 4 is 5.78 Å². The lowest BCUT2D eigenvalue weighted by molar-refractivity contribution is -0.135. The Hall–Kier alpha value is -0.330. The van der Waals surface area contributed by atoms with Gasteiger partial charge in [0.2, 0.25) is 0 Å². The van der Waals surface area contributed by atoms with Gasteiger partial charge in [0, 0.05) is 12.8 Å². The molecule has 0 amide bonds. The van der Waals surface area contributed by atoms with Gasteiger partial charge < -0.3 is 0 Å². The SMILES string of the molecule is CC12CCC(=O)CC1CCC1C2CC[C@]23CC2CCC13. The van der Waals surface area contributed by atoms with Crippen LogP contribution in [0.15, 0.2) is 0 Å². The second-order valence-corrected chi connectivity index (χ2v) is 9.15. The van der Waals surface area contributed by atoms with Crippen LogP contribution in [-0.4, -0.2) is 5.78 Å². The fraction of sp³-hybridized carbons (Fsp3) is 0.947. The molecule has 0 radical (unpaired) electrons. The molecule has 0 saturated heterocycles. The van der Waals surface area contributed by atoms with Gasteiger partial charge in [0.15, 0.2) is 0 Å². The average molecular weight is 272 g/mol. The van der Waals surface area contributed by atoms with Crippen molar-refractivity contribution in [2.24, 2.45) is 40.4 Å². The molecule has 0 aromatic carbocycles. The fourth-order valence-corrected chi connectivity index (χ4v) is 7.72. The predicted octanol–water partition coefficient (Wildman–Crippen LogP) is 4.60. The minimum atomic E-state index is 0.519. The van der Waals surface area contributed by atoms with Crippen LogP contribution in [0.2, 0.25) is 0 Å². The van der Waals surface area contributed by atoms with Crippen molar-refractivity contribution in [3.63, 3.8) is 0 Å². The Labute approximate surface area is 122 Å². The van der Waals surface area contributed by atoms with E-state index in [1.165, 1.54) is 25.7 Å². The number of Topliss-reactive ketones (excluding diaryl/α,β-unsaturated/α-hetero) is 1. The zero-order chi connectivity index (χ0) is 13.5. The van der Waals surface area contributed by atoms with Crippen molar-refractivity contribution < 1.29 is 4.79 Å². The molecule has 7 atom stereocenters. The molecule has 0 N–H and O–H groups in total. The zero-order valence-corrected chi connectivity index (χ0v) is 12.9. The second kappa shape index (κ2) is 3.70. The van der Waals surface area contributed by atoms with Gasteiger partial charge in [-0.3, -0.25) is 4.79 Å². The van der Waals surface area contributed by atoms with E-state index in [4.69, 9.17) is 0 Å². The smallest absolute Gasteiger partial charge is 0.133 e. The molecule has 20 heavy (non-hydrogen) atoms. The van der Waals surface area contributed by atoms with Crippen LogP contribution >= 0.6 is 0 Å². The summed E-state index contributed by atoms with van der Waals surface area (Å²) >= 11 is 0. The fourth-order valence-electron chi connectivity index (χ4n) is 7.72. The van der Waals surface area contributed by atoms with E-state index in [9.17, 15) is 4.79 Å². The molecule has 1 spiro atoms. The predicted molar refractivity (Wildman–Crippen MR) is 79.2 cm³/mol. The highest BCUT2D eigenvalue weighted by molar-refractivity contribution is 5.79. The highest BCUT2D eigenvalue weighted by atomic mass is 16.1. The largest absolute Gasteiger partial charge is 0.300 e. The lowest BCUT2D eigenvalue weighted by Crippen LogP contribution is -2.51. The first kappa shape index (κ1) is 12.2. The Kier molecular flexibility index (Phi) is 2.27. The molecule has 0 aliphatic heterocycles. The van der Waals surface area contributed by atoms with E-state index in [1.54, 1.807) is 25.7 Å². The van der Waals surface area contributed by atoms with E-state index < -0.39 is 0 Å². The van der Waals surface area contributed by atoms with E-state index in [1.807, 2.05) is 0 Å². The van der Waals surface area contributed by atoms with Crippen LogP contribution in [0, 0.1) is 40.4 Å². The molecule has 0 heterocycles. The van der Waals surface area contributed by atoms with Gasteiger partial charge >= 0.3 is 0 Å². The number of hydrogen-bond acceptors (Lipinski definition) is 1. The van der Waals surface area contributed by atoms with Crippen LogP contribution in [0.3, 0.4) is 0 Å². The summed E-state index contributed by atoms with van der Waals surface area (Å²) in [5, 5.41) is 0. The molecule has 5 saturated carbocycles. The maximum absolute atomic E-state index is 11.9. The highest BCUT2D eigenvalue weighted by Crippen LogP contribution is 2.76. The Morgan fingerprint density at radius 3 is 2.65 bits per heavy atom. The first-order valence-corrected chi connectivity index (χ1v) is 9.15. The minimum absolute atomic E-state index is 0.519. The molecule has 110 valence electrons. The summed E-state index contributed by atoms with van der Waals surface area (Å²) in [6.07, 6.45) is 13.5. The third-order valence-corrected chi connectivity index (χ3v) is 8.84. The van der Waals surface area contributed by atoms with E-state index in [-0.39, 0.29) is 0 Å². The molecule has 5 aliphatic carbocycles. The molecule has 0 aromatic heterocycles. The van der Waals surface area contributed by atoms with Crippen molar-refractivity contribution in [3.05, 3.63) is 0 Å². The Morgan fingerprint density at radius 1 is 0.950 bits per heavy atom. The van der Waals surface area contributed by atoms with Gasteiger partial charge in [-0.05, 0) is 91.8 Å². The lowest BCUT2D eigenvalue weighted by Gasteiger charge is -2.58. The number of rotatable bonds is 0. The molecule has 5 rings (SSSR count). The lowest BCUT2D eigenvalue weighted by atomic mass is 9.46. The molecule has 0 aromatic rings. The first-order chi connectivity index (χ1) is 9.63. The molecule has 1 nitrogen and oxygen atoms in total. The van der Waals surface area contributed by atoms with Gasteiger partial charge in [0.05, 0.1) is 0 Å². The Bertz CT molecular complexity index is 468. The number of ketones is 1. The zero-order valence-electron chi connectivity index (χ0n) is 12.9. The second-order valence-electron chi connectivity index (χ2n) is 9.15. The van der Waals surface area contributed by atoms with Gasteiger partial charge in [0.1, 0.15) is 5.78 Å². The summed E-state index contributed by atoms with van der Waals surface area (Å²) in [4.78, 5) is 11.9. The van der Waals surface area contributed by atoms with Crippen LogP contribution in [0.1, 0.15) is 71.1 Å². The molecule has 5 aliphatic rings. The van der Waals surface area contributed by atoms with E-state index >= 15 is 0 Å². The summed E-state index contributed by atoms with van der Waals surface area (Å²) in [6, 6.07) is 0. The van der Waals surface area contributed by atoms with Gasteiger partial charge in [-0.25, -0.2) is 0 Å². The van der Waals surface area contributed by atoms with Gasteiger partial charge in [-0.15, -0.1) is 0 Å². The normalized spacial score (nSPS) is 60.2. The summed E-state index contributed by atoms with van der Waals surface area (Å²) in [5.74, 6) is 5.50. The number of carbonyl (C=O) groups is 1. The monoisotopic (exact) mass is 272 g/mol. The average Bonchev–Trinajstić information content (AvgIpc) is 3.01. The Balaban J connectivity index is 1.47. The topological polar surface area (TPSA) is 17.1 Å². The van der Waals surface area contributed by atoms with E-state index in [0.717, 1.165) is 47.8 Å². The van der Waals surface area contributed by atoms with Crippen molar-refractivity contribution in [1.82, 2.24) is 0 Å². The molecule has 0 bridgehead atoms. The molecule has 6 unspecified atom stereocenters. The van der Waals surface area contributed by atoms with Crippen LogP contribution in [0.25, 0.3) is 0 Å². The maximum Gasteiger partial charge on any atom is 0.133 e. The van der Waals surface area contributed by atoms with Crippen molar-refractivity contribution in [2.45, 2.75) is 71.1 Å². The molecule has 5 fully saturated rings. The van der Waals surface area contributed by atoms with Gasteiger partial charge in [0.25, 0.3) is 0 Å². The highest BCUT2D eigenvalue weighted by Gasteiger charge is 2.68. The van der Waals surface area contributed by atoms with E-state index in [2.05, 4.69) is 6.92 Å². The standard InChI is InChI=1S/C19H28O/c1-18-8-6-14(20)10-12(18)2-4-15-16(18)7-9-19-11-13(19)3-5-17(15)19/h12-13,15-17H,2-11H2,1H3/t12?,13?,15?,16?,17?,18?,19-/m0/s1. The van der Waals surface area contributed by atoms with Gasteiger partial charge in [-0.1, -0.05) is 6.92 Å². The number of fused-ring (bicyclic) bond motifs is 4. The van der Waals surface area contributed by atoms with Crippen LogP contribution in [0.5, 0.6) is 0 Å². The third-order valence-electron chi connectivity index (χ3n) is 8.84. The van der Waals surface area contributed by atoms with Crippen LogP contribution < -0.4 is 0 Å². The van der Waals surface area contributed by atoms with E-state index in [0.29, 0.717) is 11.2 Å². The summed E-state index contributed by atoms with van der Waals surface area (Å²) in [7, 11) is 0. The number of carbonyl (C=O) groups excluding carboxylic acids is 1. The number of hydrogen-bond donors (Lipinski definition) is 0. The summed E-state index contributed by atoms with van der Waals surface area (Å²) in [5.41, 5.74) is 1.36. The molecule has 1 heteroatoms. The van der Waals surface area contributed by atoms with Crippen molar-refractivity contribution in [2.75, 3.05) is 0 Å². The Morgan fingerprint density at radius 2 is 1.80 bits per heavy atom. The minimum Gasteiger partial charge on any atom is -0.300 e. The first-order valence-electron chi connectivity index (χ1n) is 9.15. The summed E-state index contributed by atoms with van der Waals surface area (Å²) < 4.78 is 0. The molecular formula is C19H28O. The third kappa shape index (κ3) is 1.33. The maximum atomic E-state index is 11.9. The van der Waals surface area contributed by atoms with Crippen LogP contribution in [-0.2, 0) is 4.79 Å². The summed E-state index contributed by atoms with van der Waals surface area (Å²) in [6.45, 7) is 2.57.